The van der Waals surface area contributed by atoms with Crippen molar-refractivity contribution in [3.8, 4) is 23.0 Å². The first-order chi connectivity index (χ1) is 15.4. The van der Waals surface area contributed by atoms with E-state index in [4.69, 9.17) is 30.5 Å². The molecule has 0 saturated heterocycles. The van der Waals surface area contributed by atoms with Crippen LogP contribution in [-0.4, -0.2) is 45.2 Å². The summed E-state index contributed by atoms with van der Waals surface area (Å²) in [6, 6.07) is 6.81. The highest BCUT2D eigenvalue weighted by Crippen LogP contribution is 2.39. The second kappa shape index (κ2) is 11.9. The molecule has 0 radical (unpaired) electrons. The first kappa shape index (κ1) is 24.9. The van der Waals surface area contributed by atoms with E-state index in [1.807, 2.05) is 13.8 Å². The van der Waals surface area contributed by atoms with Gasteiger partial charge in [0.05, 0.1) is 33.1 Å². The standard InChI is InChI=1S/C22H26ClN3O6/c1-6-31-16-9-8-10-17(32-7-2)21(16)26-25-20(13(3)27)22(28)24-15-11-14(29-4)12-18(30-5)19(15)23/h8-12,20H,6-7H2,1-5H3,(H,24,28). The minimum absolute atomic E-state index is 0.154. The second-order valence-electron chi connectivity index (χ2n) is 6.38. The molecular formula is C22H26ClN3O6. The predicted octanol–water partition coefficient (Wildman–Crippen LogP) is 4.83. The Morgan fingerprint density at radius 1 is 1.03 bits per heavy atom. The lowest BCUT2D eigenvalue weighted by molar-refractivity contribution is -0.126. The van der Waals surface area contributed by atoms with Gasteiger partial charge in [-0.2, -0.15) is 5.11 Å². The molecule has 1 amide bonds. The predicted molar refractivity (Wildman–Crippen MR) is 121 cm³/mol. The minimum atomic E-state index is -1.42. The molecule has 0 spiro atoms. The van der Waals surface area contributed by atoms with Crippen LogP contribution < -0.4 is 24.3 Å². The zero-order valence-electron chi connectivity index (χ0n) is 18.6. The van der Waals surface area contributed by atoms with E-state index >= 15 is 0 Å². The van der Waals surface area contributed by atoms with Gasteiger partial charge in [0.25, 0.3) is 5.91 Å². The van der Waals surface area contributed by atoms with Crippen LogP contribution in [0, 0.1) is 0 Å². The van der Waals surface area contributed by atoms with E-state index in [9.17, 15) is 9.59 Å². The third kappa shape index (κ3) is 6.10. The van der Waals surface area contributed by atoms with Crippen LogP contribution in [0.5, 0.6) is 23.0 Å². The molecule has 0 heterocycles. The van der Waals surface area contributed by atoms with Crippen LogP contribution >= 0.6 is 11.6 Å². The Balaban J connectivity index is 2.37. The zero-order valence-corrected chi connectivity index (χ0v) is 19.4. The van der Waals surface area contributed by atoms with Gasteiger partial charge in [-0.15, -0.1) is 5.11 Å². The van der Waals surface area contributed by atoms with Crippen molar-refractivity contribution in [1.82, 2.24) is 0 Å². The number of rotatable bonds is 11. The van der Waals surface area contributed by atoms with E-state index in [1.54, 1.807) is 24.3 Å². The molecule has 0 aliphatic rings. The highest BCUT2D eigenvalue weighted by atomic mass is 35.5. The number of carbonyl (C=O) groups excluding carboxylic acids is 2. The molecule has 0 aliphatic heterocycles. The summed E-state index contributed by atoms with van der Waals surface area (Å²) in [4.78, 5) is 25.0. The van der Waals surface area contributed by atoms with Gasteiger partial charge in [0.2, 0.25) is 6.04 Å². The van der Waals surface area contributed by atoms with Gasteiger partial charge in [-0.25, -0.2) is 0 Å². The third-order valence-electron chi connectivity index (χ3n) is 4.19. The summed E-state index contributed by atoms with van der Waals surface area (Å²) in [7, 11) is 2.90. The van der Waals surface area contributed by atoms with Crippen molar-refractivity contribution in [2.24, 2.45) is 10.2 Å². The van der Waals surface area contributed by atoms with Crippen LogP contribution in [0.15, 0.2) is 40.6 Å². The quantitative estimate of drug-likeness (QED) is 0.377. The number of nitrogens with zero attached hydrogens (tertiary/aromatic N) is 2. The number of carbonyl (C=O) groups is 2. The molecule has 1 N–H and O–H groups in total. The number of hydrogen-bond donors (Lipinski definition) is 1. The fraction of sp³-hybridized carbons (Fsp3) is 0.364. The summed E-state index contributed by atoms with van der Waals surface area (Å²) >= 11 is 6.28. The first-order valence-electron chi connectivity index (χ1n) is 9.88. The molecule has 2 rings (SSSR count). The molecule has 9 nitrogen and oxygen atoms in total. The Morgan fingerprint density at radius 2 is 1.66 bits per heavy atom. The van der Waals surface area contributed by atoms with Gasteiger partial charge in [-0.05, 0) is 32.9 Å². The normalized spacial score (nSPS) is 11.7. The molecule has 0 bridgehead atoms. The number of azo groups is 1. The number of anilines is 1. The summed E-state index contributed by atoms with van der Waals surface area (Å²) in [6.45, 7) is 5.68. The highest BCUT2D eigenvalue weighted by Gasteiger charge is 2.25. The summed E-state index contributed by atoms with van der Waals surface area (Å²) in [5.41, 5.74) is 0.496. The Hall–Kier alpha value is -3.33. The summed E-state index contributed by atoms with van der Waals surface area (Å²) in [5.74, 6) is 0.328. The van der Waals surface area contributed by atoms with Gasteiger partial charge in [0, 0.05) is 12.1 Å². The summed E-state index contributed by atoms with van der Waals surface area (Å²) in [6.07, 6.45) is 0. The van der Waals surface area contributed by atoms with Gasteiger partial charge in [0.15, 0.2) is 23.0 Å². The smallest absolute Gasteiger partial charge is 0.258 e. The van der Waals surface area contributed by atoms with Crippen LogP contribution in [0.4, 0.5) is 11.4 Å². The van der Waals surface area contributed by atoms with Crippen molar-refractivity contribution in [3.63, 3.8) is 0 Å². The van der Waals surface area contributed by atoms with E-state index in [2.05, 4.69) is 15.5 Å². The van der Waals surface area contributed by atoms with Crippen molar-refractivity contribution in [2.75, 3.05) is 32.8 Å². The van der Waals surface area contributed by atoms with Crippen molar-refractivity contribution < 1.29 is 28.5 Å². The van der Waals surface area contributed by atoms with E-state index in [0.717, 1.165) is 0 Å². The number of halogens is 1. The number of benzene rings is 2. The van der Waals surface area contributed by atoms with E-state index in [1.165, 1.54) is 27.2 Å². The second-order valence-corrected chi connectivity index (χ2v) is 6.76. The molecule has 2 aromatic carbocycles. The van der Waals surface area contributed by atoms with Gasteiger partial charge < -0.3 is 24.3 Å². The van der Waals surface area contributed by atoms with Crippen LogP contribution in [0.3, 0.4) is 0 Å². The topological polar surface area (TPSA) is 108 Å². The minimum Gasteiger partial charge on any atom is -0.497 e. The summed E-state index contributed by atoms with van der Waals surface area (Å²) < 4.78 is 21.5. The zero-order chi connectivity index (χ0) is 23.7. The SMILES string of the molecule is CCOc1cccc(OCC)c1N=NC(C(C)=O)C(=O)Nc1cc(OC)cc(OC)c1Cl. The molecule has 0 aliphatic carbocycles. The van der Waals surface area contributed by atoms with Gasteiger partial charge in [-0.1, -0.05) is 17.7 Å². The van der Waals surface area contributed by atoms with Crippen LogP contribution in [0.1, 0.15) is 20.8 Å². The van der Waals surface area contributed by atoms with Gasteiger partial charge >= 0.3 is 0 Å². The number of methoxy groups -OCH3 is 2. The third-order valence-corrected chi connectivity index (χ3v) is 4.58. The van der Waals surface area contributed by atoms with Crippen molar-refractivity contribution in [2.45, 2.75) is 26.8 Å². The Bertz CT molecular complexity index is 972. The van der Waals surface area contributed by atoms with E-state index in [-0.39, 0.29) is 16.4 Å². The van der Waals surface area contributed by atoms with Crippen LogP contribution in [-0.2, 0) is 9.59 Å². The average Bonchev–Trinajstić information content (AvgIpc) is 2.77. The Labute approximate surface area is 191 Å². The largest absolute Gasteiger partial charge is 0.497 e. The highest BCUT2D eigenvalue weighted by molar-refractivity contribution is 6.35. The number of ketones is 1. The van der Waals surface area contributed by atoms with Gasteiger partial charge in [0.1, 0.15) is 16.5 Å². The molecule has 0 saturated carbocycles. The lowest BCUT2D eigenvalue weighted by atomic mass is 10.2. The maximum absolute atomic E-state index is 12.9. The van der Waals surface area contributed by atoms with Crippen molar-refractivity contribution >= 4 is 34.7 Å². The monoisotopic (exact) mass is 463 g/mol. The fourth-order valence-corrected chi connectivity index (χ4v) is 2.94. The van der Waals surface area contributed by atoms with Crippen LogP contribution in [0.2, 0.25) is 5.02 Å². The molecule has 1 unspecified atom stereocenters. The molecule has 32 heavy (non-hydrogen) atoms. The first-order valence-corrected chi connectivity index (χ1v) is 10.3. The summed E-state index contributed by atoms with van der Waals surface area (Å²) in [5, 5.41) is 10.9. The molecule has 0 fully saturated rings. The number of hydrogen-bond acceptors (Lipinski definition) is 8. The molecule has 2 aromatic rings. The van der Waals surface area contributed by atoms with Crippen molar-refractivity contribution in [1.29, 1.82) is 0 Å². The maximum Gasteiger partial charge on any atom is 0.258 e. The molecule has 0 aromatic heterocycles. The average molecular weight is 464 g/mol. The molecule has 172 valence electrons. The number of ether oxygens (including phenoxy) is 4. The van der Waals surface area contributed by atoms with Crippen LogP contribution in [0.25, 0.3) is 0 Å². The molecular weight excluding hydrogens is 438 g/mol. The number of nitrogens with one attached hydrogen (secondary N) is 1. The Kier molecular flexibility index (Phi) is 9.27. The van der Waals surface area contributed by atoms with Crippen molar-refractivity contribution in [3.05, 3.63) is 35.4 Å². The van der Waals surface area contributed by atoms with Gasteiger partial charge in [-0.3, -0.25) is 9.59 Å². The van der Waals surface area contributed by atoms with E-state index in [0.29, 0.717) is 36.2 Å². The van der Waals surface area contributed by atoms with E-state index < -0.39 is 17.7 Å². The lowest BCUT2D eigenvalue weighted by Crippen LogP contribution is -2.32. The molecule has 10 heteroatoms. The fourth-order valence-electron chi connectivity index (χ4n) is 2.71. The molecule has 1 atom stereocenters. The number of Topliss-reactive ketones (excluding diaryl/α,β-unsaturated/α-hetero) is 1. The number of amides is 1. The Morgan fingerprint density at radius 3 is 2.16 bits per heavy atom. The lowest BCUT2D eigenvalue weighted by Gasteiger charge is -2.15. The maximum atomic E-state index is 12.9.